The fourth-order valence-corrected chi connectivity index (χ4v) is 4.85. The summed E-state index contributed by atoms with van der Waals surface area (Å²) in [5.74, 6) is 1.27. The number of para-hydroxylation sites is 1. The van der Waals surface area contributed by atoms with Crippen LogP contribution >= 0.6 is 0 Å². The molecule has 3 aromatic rings. The summed E-state index contributed by atoms with van der Waals surface area (Å²) in [6, 6.07) is 13.0. The highest BCUT2D eigenvalue weighted by molar-refractivity contribution is 5.93. The first-order valence-corrected chi connectivity index (χ1v) is 12.1. The number of amides is 1. The van der Waals surface area contributed by atoms with E-state index in [4.69, 9.17) is 9.40 Å². The number of allylic oxidation sites excluding steroid dienone is 1. The number of hydrogen-bond acceptors (Lipinski definition) is 4. The first-order valence-electron chi connectivity index (χ1n) is 12.1. The Hall–Kier alpha value is -3.08. The number of pyridine rings is 1. The summed E-state index contributed by atoms with van der Waals surface area (Å²) in [6.45, 7) is 6.61. The summed E-state index contributed by atoms with van der Waals surface area (Å²) in [5, 5.41) is 8.15. The number of aryl methyl sites for hydroxylation is 1. The minimum atomic E-state index is -0.0934. The highest BCUT2D eigenvalue weighted by Gasteiger charge is 2.26. The highest BCUT2D eigenvalue weighted by Crippen LogP contribution is 2.32. The van der Waals surface area contributed by atoms with Crippen molar-refractivity contribution in [3.63, 3.8) is 0 Å². The van der Waals surface area contributed by atoms with Crippen molar-refractivity contribution in [1.82, 2.24) is 10.3 Å². The molecule has 1 saturated carbocycles. The number of benzene rings is 1. The zero-order chi connectivity index (χ0) is 23.0. The van der Waals surface area contributed by atoms with Gasteiger partial charge in [-0.15, -0.1) is 0 Å². The molecule has 5 rings (SSSR count). The molecule has 5 nitrogen and oxygen atoms in total. The maximum absolute atomic E-state index is 12.7. The largest absolute Gasteiger partial charge is 0.455 e. The van der Waals surface area contributed by atoms with Gasteiger partial charge < -0.3 is 15.1 Å². The van der Waals surface area contributed by atoms with Crippen molar-refractivity contribution in [2.24, 2.45) is 0 Å². The Kier molecular flexibility index (Phi) is 5.73. The molecule has 33 heavy (non-hydrogen) atoms. The van der Waals surface area contributed by atoms with E-state index in [-0.39, 0.29) is 17.4 Å². The molecule has 2 heterocycles. The van der Waals surface area contributed by atoms with Crippen LogP contribution in [0.2, 0.25) is 0 Å². The highest BCUT2D eigenvalue weighted by atomic mass is 16.4. The Morgan fingerprint density at radius 2 is 1.82 bits per heavy atom. The molecular weight excluding hydrogens is 410 g/mol. The van der Waals surface area contributed by atoms with Crippen molar-refractivity contribution >= 4 is 28.6 Å². The third-order valence-corrected chi connectivity index (χ3v) is 6.81. The van der Waals surface area contributed by atoms with Crippen LogP contribution in [-0.2, 0) is 11.8 Å². The van der Waals surface area contributed by atoms with E-state index in [1.54, 1.807) is 0 Å². The molecule has 2 aliphatic rings. The molecule has 0 spiro atoms. The zero-order valence-corrected chi connectivity index (χ0v) is 19.8. The SMILES string of the molecule is CC(C)(C)c1cc(NC2CCC(NC(=O)c3cc4c(o3)CCC=C4)CC2)c2ccccc2n1. The van der Waals surface area contributed by atoms with Gasteiger partial charge in [0.2, 0.25) is 0 Å². The predicted molar refractivity (Wildman–Crippen MR) is 134 cm³/mol. The van der Waals surface area contributed by atoms with Crippen LogP contribution in [0.25, 0.3) is 17.0 Å². The lowest BCUT2D eigenvalue weighted by Gasteiger charge is -2.31. The lowest BCUT2D eigenvalue weighted by atomic mass is 9.89. The van der Waals surface area contributed by atoms with Crippen molar-refractivity contribution in [2.45, 2.75) is 76.8 Å². The molecule has 0 atom stereocenters. The standard InChI is InChI=1S/C28H33N3O2/c1-28(2,3)26-17-23(21-9-5-6-10-22(21)31-26)29-19-12-14-20(15-13-19)30-27(32)25-16-18-8-4-7-11-24(18)33-25/h4-6,8-10,16-17,19-20H,7,11-15H2,1-3H3,(H,29,31)(H,30,32). The van der Waals surface area contributed by atoms with Gasteiger partial charge in [0.15, 0.2) is 5.76 Å². The van der Waals surface area contributed by atoms with Crippen LogP contribution in [0.5, 0.6) is 0 Å². The Bertz CT molecular complexity index is 1190. The summed E-state index contributed by atoms with van der Waals surface area (Å²) in [7, 11) is 0. The molecule has 2 N–H and O–H groups in total. The van der Waals surface area contributed by atoms with E-state index >= 15 is 0 Å². The van der Waals surface area contributed by atoms with Crippen LogP contribution in [0.3, 0.4) is 0 Å². The van der Waals surface area contributed by atoms with Crippen LogP contribution in [-0.4, -0.2) is 23.0 Å². The second kappa shape index (κ2) is 8.69. The number of carbonyl (C=O) groups excluding carboxylic acids is 1. The second-order valence-corrected chi connectivity index (χ2v) is 10.4. The van der Waals surface area contributed by atoms with Crippen molar-refractivity contribution in [3.05, 3.63) is 65.3 Å². The van der Waals surface area contributed by atoms with E-state index in [9.17, 15) is 4.79 Å². The fourth-order valence-electron chi connectivity index (χ4n) is 4.85. The fraction of sp³-hybridized carbons (Fsp3) is 0.429. The van der Waals surface area contributed by atoms with Gasteiger partial charge in [0.05, 0.1) is 5.52 Å². The molecule has 0 radical (unpaired) electrons. The van der Waals surface area contributed by atoms with E-state index in [0.29, 0.717) is 11.8 Å². The number of carbonyl (C=O) groups is 1. The van der Waals surface area contributed by atoms with Gasteiger partial charge in [0.25, 0.3) is 5.91 Å². The van der Waals surface area contributed by atoms with Crippen molar-refractivity contribution < 1.29 is 9.21 Å². The number of nitrogens with zero attached hydrogens (tertiary/aromatic N) is 1. The van der Waals surface area contributed by atoms with Gasteiger partial charge in [-0.2, -0.15) is 0 Å². The van der Waals surface area contributed by atoms with Gasteiger partial charge in [0, 0.05) is 46.3 Å². The Balaban J connectivity index is 1.23. The van der Waals surface area contributed by atoms with E-state index in [0.717, 1.165) is 72.1 Å². The summed E-state index contributed by atoms with van der Waals surface area (Å²) in [6.07, 6.45) is 9.97. The lowest BCUT2D eigenvalue weighted by Crippen LogP contribution is -2.40. The van der Waals surface area contributed by atoms with Crippen LogP contribution in [0.4, 0.5) is 5.69 Å². The van der Waals surface area contributed by atoms with Crippen molar-refractivity contribution in [2.75, 3.05) is 5.32 Å². The average Bonchev–Trinajstić information content (AvgIpc) is 3.24. The molecule has 2 aromatic heterocycles. The van der Waals surface area contributed by atoms with E-state index in [1.165, 1.54) is 0 Å². The molecule has 0 aliphatic heterocycles. The summed E-state index contributed by atoms with van der Waals surface area (Å²) in [4.78, 5) is 17.6. The number of aromatic nitrogens is 1. The zero-order valence-electron chi connectivity index (χ0n) is 19.8. The summed E-state index contributed by atoms with van der Waals surface area (Å²) in [5.41, 5.74) is 4.32. The minimum Gasteiger partial charge on any atom is -0.455 e. The molecule has 0 bridgehead atoms. The lowest BCUT2D eigenvalue weighted by molar-refractivity contribution is 0.0896. The molecule has 172 valence electrons. The maximum Gasteiger partial charge on any atom is 0.287 e. The van der Waals surface area contributed by atoms with E-state index in [2.05, 4.69) is 61.7 Å². The molecular formula is C28H33N3O2. The van der Waals surface area contributed by atoms with Crippen molar-refractivity contribution in [3.8, 4) is 0 Å². The van der Waals surface area contributed by atoms with E-state index < -0.39 is 0 Å². The van der Waals surface area contributed by atoms with Gasteiger partial charge in [-0.3, -0.25) is 9.78 Å². The normalized spacial score (nSPS) is 20.5. The van der Waals surface area contributed by atoms with Gasteiger partial charge in [-0.1, -0.05) is 51.1 Å². The number of anilines is 1. The van der Waals surface area contributed by atoms with Crippen LogP contribution in [0.15, 0.2) is 46.9 Å². The number of fused-ring (bicyclic) bond motifs is 2. The third kappa shape index (κ3) is 4.68. The summed E-state index contributed by atoms with van der Waals surface area (Å²) >= 11 is 0. The predicted octanol–water partition coefficient (Wildman–Crippen LogP) is 6.24. The molecule has 0 unspecified atom stereocenters. The molecule has 1 amide bonds. The van der Waals surface area contributed by atoms with Crippen LogP contribution in [0, 0.1) is 0 Å². The Labute approximate surface area is 195 Å². The van der Waals surface area contributed by atoms with Crippen LogP contribution < -0.4 is 10.6 Å². The maximum atomic E-state index is 12.7. The monoisotopic (exact) mass is 443 g/mol. The Morgan fingerprint density at radius 3 is 2.58 bits per heavy atom. The molecule has 5 heteroatoms. The van der Waals surface area contributed by atoms with Crippen molar-refractivity contribution in [1.29, 1.82) is 0 Å². The van der Waals surface area contributed by atoms with Gasteiger partial charge in [0.1, 0.15) is 5.76 Å². The molecule has 1 aromatic carbocycles. The topological polar surface area (TPSA) is 67.2 Å². The third-order valence-electron chi connectivity index (χ3n) is 6.81. The van der Waals surface area contributed by atoms with Crippen LogP contribution in [0.1, 0.15) is 80.4 Å². The minimum absolute atomic E-state index is 0.0106. The molecule has 2 aliphatic carbocycles. The summed E-state index contributed by atoms with van der Waals surface area (Å²) < 4.78 is 5.81. The molecule has 1 fully saturated rings. The number of hydrogen-bond donors (Lipinski definition) is 2. The second-order valence-electron chi connectivity index (χ2n) is 10.4. The average molecular weight is 444 g/mol. The van der Waals surface area contributed by atoms with Gasteiger partial charge >= 0.3 is 0 Å². The quantitative estimate of drug-likeness (QED) is 0.501. The number of rotatable bonds is 4. The number of nitrogens with one attached hydrogen (secondary N) is 2. The Morgan fingerprint density at radius 1 is 1.06 bits per heavy atom. The first kappa shape index (κ1) is 21.7. The first-order chi connectivity index (χ1) is 15.9. The van der Waals surface area contributed by atoms with Gasteiger partial charge in [-0.05, 0) is 50.3 Å². The number of furan rings is 1. The van der Waals surface area contributed by atoms with Gasteiger partial charge in [-0.25, -0.2) is 0 Å². The molecule has 0 saturated heterocycles. The van der Waals surface area contributed by atoms with E-state index in [1.807, 2.05) is 18.2 Å². The smallest absolute Gasteiger partial charge is 0.287 e.